The van der Waals surface area contributed by atoms with Crippen LogP contribution in [0.3, 0.4) is 0 Å². The van der Waals surface area contributed by atoms with Crippen LogP contribution < -0.4 is 4.31 Å². The van der Waals surface area contributed by atoms with Gasteiger partial charge >= 0.3 is 0 Å². The van der Waals surface area contributed by atoms with E-state index in [1.165, 1.54) is 4.90 Å². The van der Waals surface area contributed by atoms with Crippen molar-refractivity contribution in [1.29, 1.82) is 0 Å². The maximum Gasteiger partial charge on any atom is 0.245 e. The smallest absolute Gasteiger partial charge is 0.245 e. The SMILES string of the molecule is Cc1ccc(Cl)cc1N(C(C)C(=O)N(C)C)S(C)(=O)=O. The first-order chi connectivity index (χ1) is 9.05. The van der Waals surface area contributed by atoms with Crippen LogP contribution in [0.4, 0.5) is 5.69 Å². The molecule has 0 saturated heterocycles. The van der Waals surface area contributed by atoms with Gasteiger partial charge in [0.2, 0.25) is 15.9 Å². The fraction of sp³-hybridized carbons (Fsp3) is 0.462. The Hall–Kier alpha value is -1.27. The van der Waals surface area contributed by atoms with Gasteiger partial charge in [-0.3, -0.25) is 9.10 Å². The van der Waals surface area contributed by atoms with Crippen molar-refractivity contribution in [3.8, 4) is 0 Å². The van der Waals surface area contributed by atoms with E-state index in [9.17, 15) is 13.2 Å². The molecule has 0 bridgehead atoms. The monoisotopic (exact) mass is 318 g/mol. The van der Waals surface area contributed by atoms with Crippen molar-refractivity contribution in [3.05, 3.63) is 28.8 Å². The first kappa shape index (κ1) is 16.8. The molecule has 0 aliphatic rings. The van der Waals surface area contributed by atoms with Crippen LogP contribution in [-0.2, 0) is 14.8 Å². The minimum absolute atomic E-state index is 0.296. The minimum atomic E-state index is -3.61. The first-order valence-corrected chi connectivity index (χ1v) is 8.25. The molecule has 0 spiro atoms. The molecule has 0 saturated carbocycles. The lowest BCUT2D eigenvalue weighted by molar-refractivity contribution is -0.129. The van der Waals surface area contributed by atoms with Crippen LogP contribution in [0, 0.1) is 6.92 Å². The van der Waals surface area contributed by atoms with Crippen LogP contribution in [0.5, 0.6) is 0 Å². The van der Waals surface area contributed by atoms with E-state index in [2.05, 4.69) is 0 Å². The highest BCUT2D eigenvalue weighted by Gasteiger charge is 2.31. The number of amides is 1. The Bertz CT molecular complexity index is 614. The molecule has 1 amide bonds. The Kier molecular flexibility index (Phi) is 5.05. The molecule has 1 unspecified atom stereocenters. The molecule has 7 heteroatoms. The Morgan fingerprint density at radius 1 is 1.30 bits per heavy atom. The van der Waals surface area contributed by atoms with Crippen LogP contribution in [0.2, 0.25) is 5.02 Å². The number of anilines is 1. The average molecular weight is 319 g/mol. The van der Waals surface area contributed by atoms with Crippen molar-refractivity contribution < 1.29 is 13.2 Å². The lowest BCUT2D eigenvalue weighted by Crippen LogP contribution is -2.47. The van der Waals surface area contributed by atoms with E-state index in [1.54, 1.807) is 46.1 Å². The zero-order valence-corrected chi connectivity index (χ0v) is 13.8. The molecule has 0 fully saturated rings. The van der Waals surface area contributed by atoms with E-state index >= 15 is 0 Å². The van der Waals surface area contributed by atoms with Gasteiger partial charge in [0, 0.05) is 19.1 Å². The fourth-order valence-electron chi connectivity index (χ4n) is 1.97. The van der Waals surface area contributed by atoms with Gasteiger partial charge < -0.3 is 4.90 Å². The van der Waals surface area contributed by atoms with Crippen molar-refractivity contribution in [2.45, 2.75) is 19.9 Å². The summed E-state index contributed by atoms with van der Waals surface area (Å²) in [6.45, 7) is 3.33. The van der Waals surface area contributed by atoms with Crippen LogP contribution >= 0.6 is 11.6 Å². The van der Waals surface area contributed by atoms with Crippen LogP contribution in [0.25, 0.3) is 0 Å². The average Bonchev–Trinajstić information content (AvgIpc) is 2.30. The molecule has 0 aliphatic carbocycles. The summed E-state index contributed by atoms with van der Waals surface area (Å²) in [6, 6.07) is 4.12. The number of nitrogens with zero attached hydrogens (tertiary/aromatic N) is 2. The van der Waals surface area contributed by atoms with Crippen molar-refractivity contribution in [2.24, 2.45) is 0 Å². The number of hydrogen-bond donors (Lipinski definition) is 0. The summed E-state index contributed by atoms with van der Waals surface area (Å²) in [5.74, 6) is -0.296. The highest BCUT2D eigenvalue weighted by molar-refractivity contribution is 7.92. The second-order valence-corrected chi connectivity index (χ2v) is 7.19. The normalized spacial score (nSPS) is 12.9. The lowest BCUT2D eigenvalue weighted by atomic mass is 10.1. The van der Waals surface area contributed by atoms with Crippen LogP contribution in [-0.4, -0.2) is 45.6 Å². The third-order valence-corrected chi connectivity index (χ3v) is 4.38. The Balaban J connectivity index is 3.42. The van der Waals surface area contributed by atoms with Gasteiger partial charge in [0.1, 0.15) is 6.04 Å². The molecule has 0 aliphatic heterocycles. The molecule has 1 aromatic rings. The van der Waals surface area contributed by atoms with Crippen LogP contribution in [0.15, 0.2) is 18.2 Å². The predicted molar refractivity (Wildman–Crippen MR) is 81.7 cm³/mol. The van der Waals surface area contributed by atoms with E-state index in [0.29, 0.717) is 10.7 Å². The summed E-state index contributed by atoms with van der Waals surface area (Å²) < 4.78 is 25.3. The number of benzene rings is 1. The highest BCUT2D eigenvalue weighted by atomic mass is 35.5. The molecule has 0 heterocycles. The van der Waals surface area contributed by atoms with Gasteiger partial charge in [0.25, 0.3) is 0 Å². The Morgan fingerprint density at radius 2 is 1.85 bits per heavy atom. The number of sulfonamides is 1. The second kappa shape index (κ2) is 6.01. The first-order valence-electron chi connectivity index (χ1n) is 6.02. The fourth-order valence-corrected chi connectivity index (χ4v) is 3.35. The minimum Gasteiger partial charge on any atom is -0.347 e. The Morgan fingerprint density at radius 3 is 2.30 bits per heavy atom. The highest BCUT2D eigenvalue weighted by Crippen LogP contribution is 2.28. The lowest BCUT2D eigenvalue weighted by Gasteiger charge is -2.31. The number of hydrogen-bond acceptors (Lipinski definition) is 3. The molecule has 1 aromatic carbocycles. The number of halogens is 1. The van der Waals surface area contributed by atoms with Gasteiger partial charge in [-0.1, -0.05) is 17.7 Å². The molecule has 112 valence electrons. The van der Waals surface area contributed by atoms with Gasteiger partial charge in [-0.2, -0.15) is 0 Å². The number of likely N-dealkylation sites (N-methyl/N-ethyl adjacent to an activating group) is 1. The third kappa shape index (κ3) is 3.64. The van der Waals surface area contributed by atoms with Crippen molar-refractivity contribution in [1.82, 2.24) is 4.90 Å². The Labute approximate surface area is 125 Å². The van der Waals surface area contributed by atoms with Gasteiger partial charge in [0.15, 0.2) is 0 Å². The van der Waals surface area contributed by atoms with Crippen molar-refractivity contribution in [3.63, 3.8) is 0 Å². The van der Waals surface area contributed by atoms with Gasteiger partial charge in [-0.15, -0.1) is 0 Å². The predicted octanol–water partition coefficient (Wildman–Crippen LogP) is 1.89. The molecule has 5 nitrogen and oxygen atoms in total. The molecule has 0 N–H and O–H groups in total. The molecule has 1 rings (SSSR count). The number of carbonyl (C=O) groups excluding carboxylic acids is 1. The van der Waals surface area contributed by atoms with E-state index in [4.69, 9.17) is 11.6 Å². The van der Waals surface area contributed by atoms with Crippen molar-refractivity contribution >= 4 is 33.2 Å². The summed E-state index contributed by atoms with van der Waals surface area (Å²) in [5, 5.41) is 0.420. The maximum absolute atomic E-state index is 12.1. The summed E-state index contributed by atoms with van der Waals surface area (Å²) in [5.41, 5.74) is 1.15. The van der Waals surface area contributed by atoms with E-state index < -0.39 is 16.1 Å². The summed E-state index contributed by atoms with van der Waals surface area (Å²) in [7, 11) is -0.433. The van der Waals surface area contributed by atoms with E-state index in [0.717, 1.165) is 16.1 Å². The number of rotatable bonds is 4. The van der Waals surface area contributed by atoms with Crippen LogP contribution in [0.1, 0.15) is 12.5 Å². The quantitative estimate of drug-likeness (QED) is 0.852. The number of aryl methyl sites for hydroxylation is 1. The second-order valence-electron chi connectivity index (χ2n) is 4.90. The summed E-state index contributed by atoms with van der Waals surface area (Å²) in [6.07, 6.45) is 1.08. The van der Waals surface area contributed by atoms with Gasteiger partial charge in [0.05, 0.1) is 11.9 Å². The molecular formula is C13H19ClN2O3S. The van der Waals surface area contributed by atoms with Crippen molar-refractivity contribution in [2.75, 3.05) is 24.7 Å². The van der Waals surface area contributed by atoms with E-state index in [1.807, 2.05) is 0 Å². The zero-order chi connectivity index (χ0) is 15.7. The molecule has 0 aromatic heterocycles. The third-order valence-electron chi connectivity index (χ3n) is 2.92. The summed E-state index contributed by atoms with van der Waals surface area (Å²) >= 11 is 5.94. The molecule has 20 heavy (non-hydrogen) atoms. The maximum atomic E-state index is 12.1. The topological polar surface area (TPSA) is 57.7 Å². The summed E-state index contributed by atoms with van der Waals surface area (Å²) in [4.78, 5) is 13.5. The van der Waals surface area contributed by atoms with E-state index in [-0.39, 0.29) is 5.91 Å². The standard InChI is InChI=1S/C13H19ClN2O3S/c1-9-6-7-11(14)8-12(9)16(20(5,18)19)10(2)13(17)15(3)4/h6-8,10H,1-5H3. The largest absolute Gasteiger partial charge is 0.347 e. The molecule has 0 radical (unpaired) electrons. The number of carbonyl (C=O) groups is 1. The van der Waals surface area contributed by atoms with Gasteiger partial charge in [-0.05, 0) is 31.5 Å². The molecule has 1 atom stereocenters. The zero-order valence-electron chi connectivity index (χ0n) is 12.2. The van der Waals surface area contributed by atoms with Gasteiger partial charge in [-0.25, -0.2) is 8.42 Å². The molecular weight excluding hydrogens is 300 g/mol.